The van der Waals surface area contributed by atoms with Gasteiger partial charge in [-0.25, -0.2) is 0 Å². The number of rotatable bonds is 3. The summed E-state index contributed by atoms with van der Waals surface area (Å²) in [6.45, 7) is 5.80. The lowest BCUT2D eigenvalue weighted by molar-refractivity contribution is -0.116. The molecular weight excluding hydrogens is 320 g/mol. The van der Waals surface area contributed by atoms with Gasteiger partial charge in [0.25, 0.3) is 0 Å². The van der Waals surface area contributed by atoms with E-state index in [1.54, 1.807) is 4.68 Å². The van der Waals surface area contributed by atoms with Gasteiger partial charge in [-0.15, -0.1) is 0 Å². The number of hydrogen-bond acceptors (Lipinski definition) is 3. The maximum Gasteiger partial charge on any atom is 0.246 e. The number of nitrogen functional groups attached to an aromatic ring is 1. The Bertz CT molecular complexity index is 643. The Kier molecular flexibility index (Phi) is 4.13. The molecule has 0 spiro atoms. The van der Waals surface area contributed by atoms with E-state index in [1.807, 2.05) is 39.0 Å². The van der Waals surface area contributed by atoms with Crippen molar-refractivity contribution in [3.8, 4) is 0 Å². The molecule has 0 unspecified atom stereocenters. The van der Waals surface area contributed by atoms with E-state index in [1.165, 1.54) is 0 Å². The molecule has 1 heterocycles. The van der Waals surface area contributed by atoms with Crippen molar-refractivity contribution >= 4 is 33.2 Å². The van der Waals surface area contributed by atoms with Crippen molar-refractivity contribution in [2.24, 2.45) is 0 Å². The molecule has 0 radical (unpaired) electrons. The van der Waals surface area contributed by atoms with E-state index in [9.17, 15) is 4.79 Å². The molecular formula is C14H17BrN4O. The van der Waals surface area contributed by atoms with Crippen LogP contribution in [0.1, 0.15) is 17.0 Å². The number of aryl methyl sites for hydroxylation is 2. The molecule has 0 aliphatic carbocycles. The van der Waals surface area contributed by atoms with Crippen LogP contribution in [0, 0.1) is 20.8 Å². The average Bonchev–Trinajstić information content (AvgIpc) is 2.55. The number of amides is 1. The highest BCUT2D eigenvalue weighted by Crippen LogP contribution is 2.19. The van der Waals surface area contributed by atoms with Gasteiger partial charge in [-0.2, -0.15) is 5.10 Å². The highest BCUT2D eigenvalue weighted by atomic mass is 79.9. The maximum atomic E-state index is 12.0. The zero-order valence-electron chi connectivity index (χ0n) is 11.7. The zero-order chi connectivity index (χ0) is 14.9. The molecule has 2 rings (SSSR count). The van der Waals surface area contributed by atoms with Crippen molar-refractivity contribution in [1.29, 1.82) is 0 Å². The number of anilines is 2. The Morgan fingerprint density at radius 2 is 2.05 bits per heavy atom. The highest BCUT2D eigenvalue weighted by molar-refractivity contribution is 9.10. The SMILES string of the molecule is Cc1cc(Br)cc(NC(=O)Cn2nc(C)c(N)c2C)c1. The molecule has 5 nitrogen and oxygen atoms in total. The summed E-state index contributed by atoms with van der Waals surface area (Å²) in [7, 11) is 0. The third kappa shape index (κ3) is 3.19. The van der Waals surface area contributed by atoms with E-state index in [4.69, 9.17) is 5.73 Å². The molecule has 0 bridgehead atoms. The maximum absolute atomic E-state index is 12.0. The zero-order valence-corrected chi connectivity index (χ0v) is 13.3. The number of nitrogens with two attached hydrogens (primary N) is 1. The monoisotopic (exact) mass is 336 g/mol. The summed E-state index contributed by atoms with van der Waals surface area (Å²) in [6.07, 6.45) is 0. The fourth-order valence-electron chi connectivity index (χ4n) is 2.01. The summed E-state index contributed by atoms with van der Waals surface area (Å²) in [4.78, 5) is 12.0. The summed E-state index contributed by atoms with van der Waals surface area (Å²) in [5.74, 6) is -0.131. The minimum absolute atomic E-state index is 0.131. The standard InChI is InChI=1S/C14H17BrN4O/c1-8-4-11(15)6-12(5-8)17-13(20)7-19-10(3)14(16)9(2)18-19/h4-6H,7,16H2,1-3H3,(H,17,20). The Labute approximate surface area is 126 Å². The quantitative estimate of drug-likeness (QED) is 0.905. The Balaban J connectivity index is 2.11. The van der Waals surface area contributed by atoms with E-state index in [2.05, 4.69) is 26.3 Å². The second-order valence-electron chi connectivity index (χ2n) is 4.81. The first-order valence-corrected chi connectivity index (χ1v) is 7.02. The Morgan fingerprint density at radius 3 is 2.60 bits per heavy atom. The fourth-order valence-corrected chi connectivity index (χ4v) is 2.62. The van der Waals surface area contributed by atoms with Crippen molar-refractivity contribution in [3.63, 3.8) is 0 Å². The van der Waals surface area contributed by atoms with Crippen molar-refractivity contribution in [2.75, 3.05) is 11.1 Å². The van der Waals surface area contributed by atoms with Crippen LogP contribution in [-0.4, -0.2) is 15.7 Å². The molecule has 0 saturated carbocycles. The second-order valence-corrected chi connectivity index (χ2v) is 5.72. The molecule has 6 heteroatoms. The molecule has 1 amide bonds. The largest absolute Gasteiger partial charge is 0.396 e. The third-order valence-electron chi connectivity index (χ3n) is 3.06. The van der Waals surface area contributed by atoms with Gasteiger partial charge in [-0.05, 0) is 44.5 Å². The molecule has 20 heavy (non-hydrogen) atoms. The summed E-state index contributed by atoms with van der Waals surface area (Å²) in [5, 5.41) is 7.11. The Hall–Kier alpha value is -1.82. The van der Waals surface area contributed by atoms with E-state index in [0.717, 1.165) is 27.1 Å². The Morgan fingerprint density at radius 1 is 1.35 bits per heavy atom. The van der Waals surface area contributed by atoms with Gasteiger partial charge >= 0.3 is 0 Å². The summed E-state index contributed by atoms with van der Waals surface area (Å²) in [5.41, 5.74) is 9.87. The smallest absolute Gasteiger partial charge is 0.246 e. The van der Waals surface area contributed by atoms with Gasteiger partial charge in [0.15, 0.2) is 0 Å². The molecule has 0 saturated heterocycles. The van der Waals surface area contributed by atoms with Crippen LogP contribution in [0.5, 0.6) is 0 Å². The van der Waals surface area contributed by atoms with E-state index < -0.39 is 0 Å². The number of halogens is 1. The summed E-state index contributed by atoms with van der Waals surface area (Å²) < 4.78 is 2.55. The van der Waals surface area contributed by atoms with Gasteiger partial charge in [-0.1, -0.05) is 15.9 Å². The topological polar surface area (TPSA) is 72.9 Å². The summed E-state index contributed by atoms with van der Waals surface area (Å²) in [6, 6.07) is 5.76. The minimum atomic E-state index is -0.131. The number of aromatic nitrogens is 2. The predicted molar refractivity (Wildman–Crippen MR) is 83.6 cm³/mol. The van der Waals surface area contributed by atoms with Gasteiger partial charge in [0, 0.05) is 10.2 Å². The number of hydrogen-bond donors (Lipinski definition) is 2. The van der Waals surface area contributed by atoms with Crippen LogP contribution in [-0.2, 0) is 11.3 Å². The van der Waals surface area contributed by atoms with Gasteiger partial charge < -0.3 is 11.1 Å². The van der Waals surface area contributed by atoms with Gasteiger partial charge in [0.2, 0.25) is 5.91 Å². The first-order valence-electron chi connectivity index (χ1n) is 6.23. The first-order chi connectivity index (χ1) is 9.36. The van der Waals surface area contributed by atoms with Gasteiger partial charge in [0.1, 0.15) is 6.54 Å². The fraction of sp³-hybridized carbons (Fsp3) is 0.286. The van der Waals surface area contributed by atoms with Crippen LogP contribution in [0.2, 0.25) is 0 Å². The van der Waals surface area contributed by atoms with Crippen molar-refractivity contribution in [2.45, 2.75) is 27.3 Å². The molecule has 2 aromatic rings. The van der Waals surface area contributed by atoms with Crippen LogP contribution in [0.25, 0.3) is 0 Å². The highest BCUT2D eigenvalue weighted by Gasteiger charge is 2.11. The first kappa shape index (κ1) is 14.6. The van der Waals surface area contributed by atoms with E-state index in [0.29, 0.717) is 5.69 Å². The molecule has 0 aliphatic heterocycles. The van der Waals surface area contributed by atoms with Crippen molar-refractivity contribution in [3.05, 3.63) is 39.6 Å². The lowest BCUT2D eigenvalue weighted by atomic mass is 10.2. The van der Waals surface area contributed by atoms with Gasteiger partial charge in [-0.3, -0.25) is 9.48 Å². The normalized spacial score (nSPS) is 10.6. The third-order valence-corrected chi connectivity index (χ3v) is 3.51. The van der Waals surface area contributed by atoms with Crippen molar-refractivity contribution in [1.82, 2.24) is 9.78 Å². The molecule has 0 atom stereocenters. The molecule has 106 valence electrons. The van der Waals surface area contributed by atoms with E-state index in [-0.39, 0.29) is 12.5 Å². The number of nitrogens with zero attached hydrogens (tertiary/aromatic N) is 2. The molecule has 1 aromatic heterocycles. The van der Waals surface area contributed by atoms with Gasteiger partial charge in [0.05, 0.1) is 17.1 Å². The number of carbonyl (C=O) groups excluding carboxylic acids is 1. The average molecular weight is 337 g/mol. The van der Waals surface area contributed by atoms with Crippen LogP contribution >= 0.6 is 15.9 Å². The van der Waals surface area contributed by atoms with Crippen LogP contribution < -0.4 is 11.1 Å². The lowest BCUT2D eigenvalue weighted by Gasteiger charge is -2.08. The van der Waals surface area contributed by atoms with Crippen LogP contribution in [0.15, 0.2) is 22.7 Å². The molecule has 1 aromatic carbocycles. The number of nitrogens with one attached hydrogen (secondary N) is 1. The van der Waals surface area contributed by atoms with E-state index >= 15 is 0 Å². The van der Waals surface area contributed by atoms with Crippen LogP contribution in [0.4, 0.5) is 11.4 Å². The molecule has 0 aliphatic rings. The second kappa shape index (κ2) is 5.66. The molecule has 3 N–H and O–H groups in total. The molecule has 0 fully saturated rings. The summed E-state index contributed by atoms with van der Waals surface area (Å²) >= 11 is 3.41. The number of carbonyl (C=O) groups is 1. The van der Waals surface area contributed by atoms with Crippen LogP contribution in [0.3, 0.4) is 0 Å². The predicted octanol–water partition coefficient (Wildman–Crippen LogP) is 2.79. The number of benzene rings is 1. The van der Waals surface area contributed by atoms with Crippen molar-refractivity contribution < 1.29 is 4.79 Å². The lowest BCUT2D eigenvalue weighted by Crippen LogP contribution is -2.20. The minimum Gasteiger partial charge on any atom is -0.396 e.